The molecule has 0 amide bonds. The van der Waals surface area contributed by atoms with Gasteiger partial charge in [0.05, 0.1) is 6.54 Å². The lowest BCUT2D eigenvalue weighted by atomic mass is 10.5. The Morgan fingerprint density at radius 3 is 2.17 bits per heavy atom. The van der Waals surface area contributed by atoms with Gasteiger partial charge < -0.3 is 9.80 Å². The van der Waals surface area contributed by atoms with E-state index in [1.165, 1.54) is 11.9 Å². The van der Waals surface area contributed by atoms with E-state index in [1.54, 1.807) is 0 Å². The minimum absolute atomic E-state index is 0.00279. The van der Waals surface area contributed by atoms with Crippen LogP contribution < -0.4 is 9.80 Å². The Balaban J connectivity index is 2.99. The van der Waals surface area contributed by atoms with Crippen molar-refractivity contribution >= 4 is 23.5 Å². The van der Waals surface area contributed by atoms with Crippen LogP contribution >= 0.6 is 11.6 Å². The van der Waals surface area contributed by atoms with Crippen LogP contribution in [0.4, 0.5) is 20.7 Å². The lowest BCUT2D eigenvalue weighted by Gasteiger charge is -2.21. The fraction of sp³-hybridized carbons (Fsp3) is 0.700. The van der Waals surface area contributed by atoms with Crippen molar-refractivity contribution in [3.8, 4) is 0 Å². The molecular weight excluding hydrogens is 264 g/mol. The molecule has 0 spiro atoms. The van der Waals surface area contributed by atoms with Crippen LogP contribution in [0.3, 0.4) is 0 Å². The van der Waals surface area contributed by atoms with E-state index in [0.717, 1.165) is 0 Å². The molecule has 1 aromatic heterocycles. The number of hydrogen-bond acceptors (Lipinski definition) is 5. The maximum Gasteiger partial charge on any atom is 0.255 e. The summed E-state index contributed by atoms with van der Waals surface area (Å²) >= 11 is 5.79. The van der Waals surface area contributed by atoms with Gasteiger partial charge in [0.15, 0.2) is 0 Å². The third kappa shape index (κ3) is 3.90. The Labute approximate surface area is 110 Å². The van der Waals surface area contributed by atoms with Crippen molar-refractivity contribution in [2.45, 2.75) is 20.3 Å². The van der Waals surface area contributed by atoms with Gasteiger partial charge in [-0.25, -0.2) is 8.78 Å². The van der Waals surface area contributed by atoms with Gasteiger partial charge in [-0.1, -0.05) is 0 Å². The van der Waals surface area contributed by atoms with Crippen molar-refractivity contribution in [3.63, 3.8) is 0 Å². The first-order valence-corrected chi connectivity index (χ1v) is 6.01. The van der Waals surface area contributed by atoms with Gasteiger partial charge >= 0.3 is 0 Å². The van der Waals surface area contributed by atoms with Gasteiger partial charge in [0.25, 0.3) is 6.43 Å². The first-order valence-electron chi connectivity index (χ1n) is 5.63. The molecule has 102 valence electrons. The van der Waals surface area contributed by atoms with Gasteiger partial charge in [0.2, 0.25) is 17.2 Å². The average Bonchev–Trinajstić information content (AvgIpc) is 2.29. The number of aromatic nitrogens is 3. The zero-order valence-electron chi connectivity index (χ0n) is 10.6. The summed E-state index contributed by atoms with van der Waals surface area (Å²) in [6, 6.07) is 0. The molecule has 1 aromatic rings. The quantitative estimate of drug-likeness (QED) is 0.798. The number of nitrogens with zero attached hydrogens (tertiary/aromatic N) is 5. The number of alkyl halides is 2. The van der Waals surface area contributed by atoms with Crippen molar-refractivity contribution in [2.24, 2.45) is 0 Å². The van der Waals surface area contributed by atoms with Crippen LogP contribution in [0.2, 0.25) is 5.28 Å². The van der Waals surface area contributed by atoms with Gasteiger partial charge in [0.1, 0.15) is 0 Å². The molecular formula is C10H16ClF2N5. The molecule has 0 saturated carbocycles. The highest BCUT2D eigenvalue weighted by Crippen LogP contribution is 2.16. The zero-order valence-corrected chi connectivity index (χ0v) is 11.3. The molecule has 0 bridgehead atoms. The summed E-state index contributed by atoms with van der Waals surface area (Å²) in [4.78, 5) is 15.1. The molecule has 1 heterocycles. The van der Waals surface area contributed by atoms with E-state index >= 15 is 0 Å². The minimum atomic E-state index is -2.46. The van der Waals surface area contributed by atoms with Crippen LogP contribution in [0.15, 0.2) is 0 Å². The Morgan fingerprint density at radius 2 is 1.67 bits per heavy atom. The molecule has 0 aliphatic carbocycles. The molecule has 0 aliphatic rings. The first kappa shape index (κ1) is 14.8. The lowest BCUT2D eigenvalue weighted by molar-refractivity contribution is 0.156. The fourth-order valence-electron chi connectivity index (χ4n) is 1.44. The monoisotopic (exact) mass is 279 g/mol. The van der Waals surface area contributed by atoms with Crippen molar-refractivity contribution < 1.29 is 8.78 Å². The Morgan fingerprint density at radius 1 is 1.11 bits per heavy atom. The highest BCUT2D eigenvalue weighted by atomic mass is 35.5. The second-order valence-corrected chi connectivity index (χ2v) is 3.99. The van der Waals surface area contributed by atoms with E-state index in [4.69, 9.17) is 11.6 Å². The van der Waals surface area contributed by atoms with E-state index in [0.29, 0.717) is 19.0 Å². The van der Waals surface area contributed by atoms with Crippen LogP contribution in [0, 0.1) is 0 Å². The van der Waals surface area contributed by atoms with Gasteiger partial charge in [0, 0.05) is 20.1 Å². The number of anilines is 2. The highest BCUT2D eigenvalue weighted by Gasteiger charge is 2.15. The van der Waals surface area contributed by atoms with Crippen LogP contribution in [-0.4, -0.2) is 48.1 Å². The summed E-state index contributed by atoms with van der Waals surface area (Å²) in [6.45, 7) is 4.86. The molecule has 0 fully saturated rings. The number of rotatable bonds is 6. The molecule has 0 atom stereocenters. The first-order chi connectivity index (χ1) is 8.47. The van der Waals surface area contributed by atoms with E-state index in [-0.39, 0.29) is 11.2 Å². The smallest absolute Gasteiger partial charge is 0.255 e. The van der Waals surface area contributed by atoms with E-state index < -0.39 is 13.0 Å². The van der Waals surface area contributed by atoms with Crippen LogP contribution in [0.5, 0.6) is 0 Å². The predicted octanol–water partition coefficient (Wildman–Crippen LogP) is 2.07. The van der Waals surface area contributed by atoms with Gasteiger partial charge in [-0.2, -0.15) is 15.0 Å². The third-order valence-corrected chi connectivity index (χ3v) is 2.55. The van der Waals surface area contributed by atoms with Crippen molar-refractivity contribution in [1.29, 1.82) is 0 Å². The third-order valence-electron chi connectivity index (χ3n) is 2.38. The van der Waals surface area contributed by atoms with Gasteiger partial charge in [-0.3, -0.25) is 0 Å². The minimum Gasteiger partial charge on any atom is -0.341 e. The number of halogens is 3. The van der Waals surface area contributed by atoms with Gasteiger partial charge in [-0.05, 0) is 25.4 Å². The summed E-state index contributed by atoms with van der Waals surface area (Å²) in [5, 5.41) is 0.00279. The summed E-state index contributed by atoms with van der Waals surface area (Å²) in [6.07, 6.45) is -2.46. The standard InChI is InChI=1S/C10H16ClF2N5/c1-4-18(5-2)10-15-8(11)14-9(16-10)17(3)6-7(12)13/h7H,4-6H2,1-3H3. The molecule has 8 heteroatoms. The van der Waals surface area contributed by atoms with Crippen LogP contribution in [0.1, 0.15) is 13.8 Å². The maximum absolute atomic E-state index is 12.3. The molecule has 0 radical (unpaired) electrons. The molecule has 0 aliphatic heterocycles. The zero-order chi connectivity index (χ0) is 13.7. The second kappa shape index (κ2) is 6.63. The Bertz CT molecular complexity index is 387. The summed E-state index contributed by atoms with van der Waals surface area (Å²) < 4.78 is 24.6. The Kier molecular flexibility index (Phi) is 5.46. The average molecular weight is 280 g/mol. The predicted molar refractivity (Wildman–Crippen MR) is 67.7 cm³/mol. The molecule has 5 nitrogen and oxygen atoms in total. The molecule has 0 saturated heterocycles. The van der Waals surface area contributed by atoms with Crippen LogP contribution in [0.25, 0.3) is 0 Å². The summed E-state index contributed by atoms with van der Waals surface area (Å²) in [5.41, 5.74) is 0. The van der Waals surface area contributed by atoms with Crippen molar-refractivity contribution in [1.82, 2.24) is 15.0 Å². The van der Waals surface area contributed by atoms with Crippen molar-refractivity contribution in [2.75, 3.05) is 36.5 Å². The summed E-state index contributed by atoms with van der Waals surface area (Å²) in [5.74, 6) is 0.549. The van der Waals surface area contributed by atoms with E-state index in [9.17, 15) is 8.78 Å². The second-order valence-electron chi connectivity index (χ2n) is 3.65. The largest absolute Gasteiger partial charge is 0.341 e. The highest BCUT2D eigenvalue weighted by molar-refractivity contribution is 6.28. The van der Waals surface area contributed by atoms with Crippen molar-refractivity contribution in [3.05, 3.63) is 5.28 Å². The van der Waals surface area contributed by atoms with Gasteiger partial charge in [-0.15, -0.1) is 0 Å². The molecule has 0 unspecified atom stereocenters. The lowest BCUT2D eigenvalue weighted by Crippen LogP contribution is -2.29. The molecule has 18 heavy (non-hydrogen) atoms. The van der Waals surface area contributed by atoms with Crippen LogP contribution in [-0.2, 0) is 0 Å². The normalized spacial score (nSPS) is 10.8. The summed E-state index contributed by atoms with van der Waals surface area (Å²) in [7, 11) is 1.49. The van der Waals surface area contributed by atoms with E-state index in [1.807, 2.05) is 18.7 Å². The Hall–Kier alpha value is -1.24. The fourth-order valence-corrected chi connectivity index (χ4v) is 1.59. The molecule has 0 aromatic carbocycles. The van der Waals surface area contributed by atoms with E-state index in [2.05, 4.69) is 15.0 Å². The topological polar surface area (TPSA) is 45.2 Å². The molecule has 0 N–H and O–H groups in total. The number of hydrogen-bond donors (Lipinski definition) is 0. The maximum atomic E-state index is 12.3. The SMILES string of the molecule is CCN(CC)c1nc(Cl)nc(N(C)CC(F)F)n1. The molecule has 1 rings (SSSR count).